The average molecular weight is 326 g/mol. The van der Waals surface area contributed by atoms with Crippen molar-refractivity contribution in [3.63, 3.8) is 0 Å². The summed E-state index contributed by atoms with van der Waals surface area (Å²) in [7, 11) is 0. The highest BCUT2D eigenvalue weighted by Gasteiger charge is 2.18. The van der Waals surface area contributed by atoms with Crippen molar-refractivity contribution in [2.24, 2.45) is 11.8 Å². The van der Waals surface area contributed by atoms with E-state index >= 15 is 0 Å². The maximum Gasteiger partial charge on any atom is 0.128 e. The van der Waals surface area contributed by atoms with Gasteiger partial charge in [0.25, 0.3) is 0 Å². The van der Waals surface area contributed by atoms with Crippen LogP contribution < -0.4 is 4.74 Å². The average Bonchev–Trinajstić information content (AvgIpc) is 2.53. The number of hydrogen-bond acceptors (Lipinski definition) is 2. The minimum absolute atomic E-state index is 0.526. The Kier molecular flexibility index (Phi) is 6.24. The minimum atomic E-state index is 0.526. The van der Waals surface area contributed by atoms with Crippen LogP contribution in [0.1, 0.15) is 40.2 Å². The molecule has 0 aromatic heterocycles. The van der Waals surface area contributed by atoms with Crippen molar-refractivity contribution in [3.05, 3.63) is 42.0 Å². The van der Waals surface area contributed by atoms with Gasteiger partial charge in [-0.25, -0.2) is 0 Å². The quantitative estimate of drug-likeness (QED) is 0.562. The molecule has 0 heterocycles. The van der Waals surface area contributed by atoms with Gasteiger partial charge in [0.2, 0.25) is 0 Å². The molecule has 0 spiro atoms. The van der Waals surface area contributed by atoms with E-state index < -0.39 is 0 Å². The van der Waals surface area contributed by atoms with E-state index in [1.807, 2.05) is 31.2 Å². The van der Waals surface area contributed by atoms with E-state index in [0.29, 0.717) is 24.3 Å². The fourth-order valence-electron chi connectivity index (χ4n) is 3.07. The Bertz CT molecular complexity index is 681. The van der Waals surface area contributed by atoms with Gasteiger partial charge >= 0.3 is 0 Å². The van der Waals surface area contributed by atoms with Gasteiger partial charge in [0.1, 0.15) is 11.6 Å². The summed E-state index contributed by atoms with van der Waals surface area (Å²) in [6.07, 6.45) is 0. The highest BCUT2D eigenvalue weighted by molar-refractivity contribution is 6.09. The van der Waals surface area contributed by atoms with Crippen LogP contribution in [0.2, 0.25) is 0 Å². The number of hydrogen-bond donors (Lipinski definition) is 1. The van der Waals surface area contributed by atoms with Crippen molar-refractivity contribution in [1.82, 2.24) is 4.90 Å². The third-order valence-electron chi connectivity index (χ3n) is 3.93. The molecule has 2 aromatic rings. The van der Waals surface area contributed by atoms with Crippen LogP contribution >= 0.6 is 0 Å². The Labute approximate surface area is 146 Å². The van der Waals surface area contributed by atoms with Gasteiger partial charge in [0, 0.05) is 24.0 Å². The molecule has 2 rings (SSSR count). The summed E-state index contributed by atoms with van der Waals surface area (Å²) in [4.78, 5) is 2.21. The van der Waals surface area contributed by atoms with Crippen molar-refractivity contribution >= 4 is 16.6 Å². The van der Waals surface area contributed by atoms with Gasteiger partial charge in [-0.05, 0) is 36.3 Å². The van der Waals surface area contributed by atoms with Crippen LogP contribution in [-0.2, 0) is 0 Å². The Morgan fingerprint density at radius 3 is 2.08 bits per heavy atom. The molecule has 0 saturated heterocycles. The first kappa shape index (κ1) is 18.3. The maximum absolute atomic E-state index is 8.81. The van der Waals surface area contributed by atoms with E-state index in [0.717, 1.165) is 35.2 Å². The van der Waals surface area contributed by atoms with Crippen LogP contribution in [0.25, 0.3) is 10.8 Å². The predicted molar refractivity (Wildman–Crippen MR) is 103 cm³/mol. The number of rotatable bonds is 7. The van der Waals surface area contributed by atoms with Crippen molar-refractivity contribution in [1.29, 1.82) is 5.41 Å². The molecule has 3 heteroatoms. The lowest BCUT2D eigenvalue weighted by Gasteiger charge is -2.29. The third kappa shape index (κ3) is 4.28. The molecule has 2 aromatic carbocycles. The fraction of sp³-hybridized carbons (Fsp3) is 0.476. The van der Waals surface area contributed by atoms with E-state index in [-0.39, 0.29) is 0 Å². The number of benzene rings is 2. The van der Waals surface area contributed by atoms with Gasteiger partial charge in [0.15, 0.2) is 0 Å². The summed E-state index contributed by atoms with van der Waals surface area (Å²) < 4.78 is 5.76. The zero-order valence-corrected chi connectivity index (χ0v) is 15.6. The molecule has 0 unspecified atom stereocenters. The molecule has 3 nitrogen and oxygen atoms in total. The van der Waals surface area contributed by atoms with Crippen LogP contribution in [0.4, 0.5) is 0 Å². The molecule has 0 saturated carbocycles. The molecule has 0 atom stereocenters. The van der Waals surface area contributed by atoms with Gasteiger partial charge in [-0.15, -0.1) is 0 Å². The first-order valence-corrected chi connectivity index (χ1v) is 8.92. The Balaban J connectivity index is 2.46. The molecule has 1 N–H and O–H groups in total. The number of fused-ring (bicyclic) bond motifs is 1. The monoisotopic (exact) mass is 326 g/mol. The smallest absolute Gasteiger partial charge is 0.128 e. The predicted octanol–water partition coefficient (Wildman–Crippen LogP) is 5.18. The number of amidine groups is 1. The highest BCUT2D eigenvalue weighted by Crippen LogP contribution is 2.29. The van der Waals surface area contributed by atoms with Crippen molar-refractivity contribution < 1.29 is 4.74 Å². The molecular formula is C21H30N2O. The first-order valence-electron chi connectivity index (χ1n) is 8.92. The second kappa shape index (κ2) is 8.18. The lowest BCUT2D eigenvalue weighted by molar-refractivity contribution is 0.327. The van der Waals surface area contributed by atoms with Crippen LogP contribution in [-0.4, -0.2) is 30.4 Å². The normalized spacial score (nSPS) is 11.3. The largest absolute Gasteiger partial charge is 0.493 e. The third-order valence-corrected chi connectivity index (χ3v) is 3.93. The van der Waals surface area contributed by atoms with Crippen molar-refractivity contribution in [3.8, 4) is 5.75 Å². The number of nitrogens with zero attached hydrogens (tertiary/aromatic N) is 1. The van der Waals surface area contributed by atoms with E-state index in [9.17, 15) is 0 Å². The SMILES string of the molecule is CCOc1ccc(C(=N)N(CC(C)C)CC(C)C)c2ccccc12. The van der Waals surface area contributed by atoms with E-state index in [2.05, 4.69) is 44.7 Å². The van der Waals surface area contributed by atoms with Crippen LogP contribution in [0, 0.1) is 17.2 Å². The molecule has 0 fully saturated rings. The molecule has 130 valence electrons. The Morgan fingerprint density at radius 2 is 1.54 bits per heavy atom. The first-order chi connectivity index (χ1) is 11.4. The molecule has 0 aliphatic heterocycles. The van der Waals surface area contributed by atoms with Gasteiger partial charge < -0.3 is 9.64 Å². The topological polar surface area (TPSA) is 36.3 Å². The second-order valence-corrected chi connectivity index (χ2v) is 7.13. The molecule has 0 aliphatic carbocycles. The summed E-state index contributed by atoms with van der Waals surface area (Å²) in [6.45, 7) is 13.3. The van der Waals surface area contributed by atoms with Gasteiger partial charge in [-0.2, -0.15) is 0 Å². The van der Waals surface area contributed by atoms with Crippen molar-refractivity contribution in [2.75, 3.05) is 19.7 Å². The molecule has 24 heavy (non-hydrogen) atoms. The standard InChI is InChI=1S/C21H30N2O/c1-6-24-20-12-11-19(17-9-7-8-10-18(17)20)21(22)23(13-15(2)3)14-16(4)5/h7-12,15-16,22H,6,13-14H2,1-5H3. The summed E-state index contributed by atoms with van der Waals surface area (Å²) in [5.41, 5.74) is 0.982. The number of ether oxygens (including phenoxy) is 1. The van der Waals surface area contributed by atoms with Crippen LogP contribution in [0.5, 0.6) is 5.75 Å². The summed E-state index contributed by atoms with van der Waals surface area (Å²) in [6, 6.07) is 12.3. The highest BCUT2D eigenvalue weighted by atomic mass is 16.5. The van der Waals surface area contributed by atoms with Gasteiger partial charge in [-0.1, -0.05) is 52.0 Å². The second-order valence-electron chi connectivity index (χ2n) is 7.13. The van der Waals surface area contributed by atoms with Gasteiger partial charge in [-0.3, -0.25) is 5.41 Å². The van der Waals surface area contributed by atoms with E-state index in [4.69, 9.17) is 10.1 Å². The zero-order valence-electron chi connectivity index (χ0n) is 15.6. The van der Waals surface area contributed by atoms with Crippen LogP contribution in [0.15, 0.2) is 36.4 Å². The van der Waals surface area contributed by atoms with E-state index in [1.54, 1.807) is 0 Å². The minimum Gasteiger partial charge on any atom is -0.493 e. The Hall–Kier alpha value is -2.03. The van der Waals surface area contributed by atoms with Crippen molar-refractivity contribution in [2.45, 2.75) is 34.6 Å². The maximum atomic E-state index is 8.81. The number of nitrogens with one attached hydrogen (secondary N) is 1. The van der Waals surface area contributed by atoms with E-state index in [1.165, 1.54) is 0 Å². The molecule has 0 aliphatic rings. The lowest BCUT2D eigenvalue weighted by atomic mass is 10.0. The Morgan fingerprint density at radius 1 is 0.958 bits per heavy atom. The zero-order chi connectivity index (χ0) is 17.7. The summed E-state index contributed by atoms with van der Waals surface area (Å²) in [5, 5.41) is 11.0. The lowest BCUT2D eigenvalue weighted by Crippen LogP contribution is -2.37. The molecular weight excluding hydrogens is 296 g/mol. The molecule has 0 amide bonds. The fourth-order valence-corrected chi connectivity index (χ4v) is 3.07. The molecule has 0 bridgehead atoms. The van der Waals surface area contributed by atoms with Crippen LogP contribution in [0.3, 0.4) is 0 Å². The summed E-state index contributed by atoms with van der Waals surface area (Å²) >= 11 is 0. The molecule has 0 radical (unpaired) electrons. The summed E-state index contributed by atoms with van der Waals surface area (Å²) in [5.74, 6) is 2.55. The van der Waals surface area contributed by atoms with Gasteiger partial charge in [0.05, 0.1) is 6.61 Å².